The minimum Gasteiger partial charge on any atom is -0.480 e. The predicted molar refractivity (Wildman–Crippen MR) is 119 cm³/mol. The Bertz CT molecular complexity index is 1100. The molecule has 0 aliphatic rings. The van der Waals surface area contributed by atoms with E-state index in [1.165, 1.54) is 6.07 Å². The second kappa shape index (κ2) is 10.7. The van der Waals surface area contributed by atoms with Crippen LogP contribution in [0.25, 0.3) is 10.9 Å². The molecule has 1 heterocycles. The quantitative estimate of drug-likeness (QED) is 0.425. The first-order chi connectivity index (χ1) is 15.0. The topological polar surface area (TPSA) is 150 Å². The second-order valence-electron chi connectivity index (χ2n) is 8.65. The summed E-state index contributed by atoms with van der Waals surface area (Å²) in [6.07, 6.45) is 0.500. The summed E-state index contributed by atoms with van der Waals surface area (Å²) >= 11 is 0. The van der Waals surface area contributed by atoms with Crippen molar-refractivity contribution in [1.29, 1.82) is 0 Å². The molecule has 1 aromatic heterocycles. The highest BCUT2D eigenvalue weighted by Gasteiger charge is 2.28. The number of H-pyrrole nitrogens is 1. The number of hydrogen-bond donors (Lipinski definition) is 4. The van der Waals surface area contributed by atoms with E-state index in [0.29, 0.717) is 5.52 Å². The zero-order valence-corrected chi connectivity index (χ0v) is 18.7. The summed E-state index contributed by atoms with van der Waals surface area (Å²) in [5.74, 6) is -2.42. The van der Waals surface area contributed by atoms with Crippen LogP contribution in [-0.2, 0) is 20.9 Å². The highest BCUT2D eigenvalue weighted by Crippen LogP contribution is 2.09. The number of carboxylic acids is 1. The first-order valence-electron chi connectivity index (χ1n) is 10.5. The minimum absolute atomic E-state index is 0.0196. The van der Waals surface area contributed by atoms with Gasteiger partial charge in [-0.15, -0.1) is 0 Å². The van der Waals surface area contributed by atoms with Crippen molar-refractivity contribution in [3.63, 3.8) is 0 Å². The fourth-order valence-corrected chi connectivity index (χ4v) is 3.39. The molecule has 174 valence electrons. The Labute approximate surface area is 185 Å². The van der Waals surface area contributed by atoms with Crippen LogP contribution < -0.4 is 21.9 Å². The van der Waals surface area contributed by atoms with Gasteiger partial charge in [-0.3, -0.25) is 19.0 Å². The van der Waals surface area contributed by atoms with Crippen molar-refractivity contribution in [3.8, 4) is 0 Å². The van der Waals surface area contributed by atoms with Crippen LogP contribution in [0, 0.1) is 11.8 Å². The zero-order chi connectivity index (χ0) is 24.0. The third-order valence-corrected chi connectivity index (χ3v) is 4.87. The molecule has 2 rings (SSSR count). The Balaban J connectivity index is 2.20. The number of hydrogen-bond acceptors (Lipinski definition) is 5. The molecule has 2 amide bonds. The van der Waals surface area contributed by atoms with Crippen LogP contribution in [0.3, 0.4) is 0 Å². The van der Waals surface area contributed by atoms with Crippen molar-refractivity contribution < 1.29 is 19.5 Å². The number of aromatic nitrogens is 2. The van der Waals surface area contributed by atoms with Gasteiger partial charge < -0.3 is 20.7 Å². The van der Waals surface area contributed by atoms with Crippen molar-refractivity contribution >= 4 is 28.7 Å². The van der Waals surface area contributed by atoms with Crippen LogP contribution in [0.5, 0.6) is 0 Å². The standard InChI is InChI=1S/C22H30N4O6/c1-12(2)9-16(19(28)24-17(21(30)31)10-13(3)4)23-18(27)11-26-20(29)14-7-5-6-8-15(14)25-22(26)32/h5-8,12-13,16-17H,9-11H2,1-4H3,(H,23,27)(H,24,28)(H,25,32)(H,30,31)/t16-,17-/m0/s1. The molecule has 2 atom stereocenters. The van der Waals surface area contributed by atoms with E-state index >= 15 is 0 Å². The maximum Gasteiger partial charge on any atom is 0.329 e. The van der Waals surface area contributed by atoms with Gasteiger partial charge in [0.2, 0.25) is 11.8 Å². The Morgan fingerprint density at radius 2 is 1.56 bits per heavy atom. The molecule has 0 saturated carbocycles. The van der Waals surface area contributed by atoms with Gasteiger partial charge in [-0.1, -0.05) is 39.8 Å². The third-order valence-electron chi connectivity index (χ3n) is 4.87. The number of fused-ring (bicyclic) bond motifs is 1. The number of nitrogens with zero attached hydrogens (tertiary/aromatic N) is 1. The van der Waals surface area contributed by atoms with Gasteiger partial charge >= 0.3 is 11.7 Å². The van der Waals surface area contributed by atoms with E-state index in [-0.39, 0.29) is 30.1 Å². The van der Waals surface area contributed by atoms with Crippen molar-refractivity contribution in [1.82, 2.24) is 20.2 Å². The lowest BCUT2D eigenvalue weighted by molar-refractivity contribution is -0.142. The van der Waals surface area contributed by atoms with E-state index in [2.05, 4.69) is 15.6 Å². The van der Waals surface area contributed by atoms with E-state index < -0.39 is 47.7 Å². The molecular weight excluding hydrogens is 416 g/mol. The molecule has 1 aromatic carbocycles. The number of carbonyl (C=O) groups is 3. The maximum atomic E-state index is 12.7. The fourth-order valence-electron chi connectivity index (χ4n) is 3.39. The molecule has 0 bridgehead atoms. The number of nitrogens with one attached hydrogen (secondary N) is 3. The van der Waals surface area contributed by atoms with Crippen molar-refractivity contribution in [2.75, 3.05) is 0 Å². The van der Waals surface area contributed by atoms with Gasteiger partial charge in [-0.25, -0.2) is 9.59 Å². The Morgan fingerprint density at radius 3 is 2.16 bits per heavy atom. The number of aromatic amines is 1. The normalized spacial score (nSPS) is 13.2. The second-order valence-corrected chi connectivity index (χ2v) is 8.65. The van der Waals surface area contributed by atoms with Gasteiger partial charge in [0.25, 0.3) is 5.56 Å². The van der Waals surface area contributed by atoms with Gasteiger partial charge in [0.1, 0.15) is 18.6 Å². The Kier molecular flexibility index (Phi) is 8.34. The van der Waals surface area contributed by atoms with Gasteiger partial charge in [-0.2, -0.15) is 0 Å². The Morgan fingerprint density at radius 1 is 0.969 bits per heavy atom. The van der Waals surface area contributed by atoms with E-state index in [0.717, 1.165) is 4.57 Å². The summed E-state index contributed by atoms with van der Waals surface area (Å²) in [7, 11) is 0. The van der Waals surface area contributed by atoms with Crippen molar-refractivity contribution in [3.05, 3.63) is 45.1 Å². The summed E-state index contributed by atoms with van der Waals surface area (Å²) < 4.78 is 0.765. The van der Waals surface area contributed by atoms with Crippen LogP contribution in [0.4, 0.5) is 0 Å². The molecule has 2 aromatic rings. The number of rotatable bonds is 10. The molecule has 0 aliphatic carbocycles. The van der Waals surface area contributed by atoms with Crippen LogP contribution in [0.15, 0.2) is 33.9 Å². The largest absolute Gasteiger partial charge is 0.480 e. The van der Waals surface area contributed by atoms with Crippen molar-refractivity contribution in [2.45, 2.75) is 59.2 Å². The van der Waals surface area contributed by atoms with Crippen LogP contribution in [0.2, 0.25) is 0 Å². The first kappa shape index (κ1) is 24.8. The summed E-state index contributed by atoms with van der Waals surface area (Å²) in [5.41, 5.74) is -0.995. The van der Waals surface area contributed by atoms with E-state index in [1.54, 1.807) is 18.2 Å². The summed E-state index contributed by atoms with van der Waals surface area (Å²) in [5, 5.41) is 14.7. The SMILES string of the molecule is CC(C)C[C@H](NC(=O)[C@H](CC(C)C)NC(=O)Cn1c(=O)[nH]c2ccccc2c1=O)C(=O)O. The third kappa shape index (κ3) is 6.53. The smallest absolute Gasteiger partial charge is 0.329 e. The van der Waals surface area contributed by atoms with Crippen LogP contribution in [0.1, 0.15) is 40.5 Å². The van der Waals surface area contributed by atoms with Gasteiger partial charge in [0, 0.05) is 0 Å². The molecule has 4 N–H and O–H groups in total. The molecule has 0 aliphatic heterocycles. The molecule has 10 heteroatoms. The molecular formula is C22H30N4O6. The molecule has 32 heavy (non-hydrogen) atoms. The average Bonchev–Trinajstić information content (AvgIpc) is 2.69. The summed E-state index contributed by atoms with van der Waals surface area (Å²) in [6.45, 7) is 6.82. The number of aliphatic carboxylic acids is 1. The lowest BCUT2D eigenvalue weighted by Gasteiger charge is -2.23. The number of carboxylic acid groups (broad SMARTS) is 1. The number of carbonyl (C=O) groups excluding carboxylic acids is 2. The predicted octanol–water partition coefficient (Wildman–Crippen LogP) is 0.836. The zero-order valence-electron chi connectivity index (χ0n) is 18.7. The highest BCUT2D eigenvalue weighted by atomic mass is 16.4. The molecule has 0 saturated heterocycles. The number of para-hydroxylation sites is 1. The van der Waals surface area contributed by atoms with Gasteiger partial charge in [-0.05, 0) is 36.8 Å². The summed E-state index contributed by atoms with van der Waals surface area (Å²) in [4.78, 5) is 64.3. The van der Waals surface area contributed by atoms with Crippen LogP contribution in [-0.4, -0.2) is 44.5 Å². The highest BCUT2D eigenvalue weighted by molar-refractivity contribution is 5.90. The maximum absolute atomic E-state index is 12.7. The summed E-state index contributed by atoms with van der Waals surface area (Å²) in [6, 6.07) is 4.35. The first-order valence-corrected chi connectivity index (χ1v) is 10.5. The minimum atomic E-state index is -1.16. The van der Waals surface area contributed by atoms with E-state index in [4.69, 9.17) is 0 Å². The van der Waals surface area contributed by atoms with Crippen LogP contribution >= 0.6 is 0 Å². The van der Waals surface area contributed by atoms with Gasteiger partial charge in [0.15, 0.2) is 0 Å². The molecule has 0 fully saturated rings. The van der Waals surface area contributed by atoms with Crippen molar-refractivity contribution in [2.24, 2.45) is 11.8 Å². The lowest BCUT2D eigenvalue weighted by atomic mass is 10.0. The lowest BCUT2D eigenvalue weighted by Crippen LogP contribution is -2.53. The number of benzene rings is 1. The van der Waals surface area contributed by atoms with Gasteiger partial charge in [0.05, 0.1) is 10.9 Å². The van der Waals surface area contributed by atoms with E-state index in [1.807, 2.05) is 27.7 Å². The number of amides is 2. The average molecular weight is 447 g/mol. The fraction of sp³-hybridized carbons (Fsp3) is 0.500. The molecule has 10 nitrogen and oxygen atoms in total. The Hall–Kier alpha value is -3.43. The molecule has 0 radical (unpaired) electrons. The molecule has 0 spiro atoms. The monoisotopic (exact) mass is 446 g/mol. The van der Waals surface area contributed by atoms with E-state index in [9.17, 15) is 29.1 Å². The molecule has 0 unspecified atom stereocenters.